The summed E-state index contributed by atoms with van der Waals surface area (Å²) in [6.07, 6.45) is 4.28. The highest BCUT2D eigenvalue weighted by Gasteiger charge is 2.56. The first kappa shape index (κ1) is 41.7. The molecule has 5 N–H and O–H groups in total. The van der Waals surface area contributed by atoms with Crippen LogP contribution in [0.4, 0.5) is 32.8 Å². The fourth-order valence-corrected chi connectivity index (χ4v) is 7.70. The van der Waals surface area contributed by atoms with Crippen LogP contribution in [0.25, 0.3) is 10.9 Å². The van der Waals surface area contributed by atoms with Crippen molar-refractivity contribution < 1.29 is 37.8 Å². The van der Waals surface area contributed by atoms with E-state index in [0.29, 0.717) is 72.1 Å². The Morgan fingerprint density at radius 2 is 1.52 bits per heavy atom. The number of hydrogen-bond acceptors (Lipinski definition) is 11. The van der Waals surface area contributed by atoms with E-state index in [2.05, 4.69) is 41.4 Å². The number of benzene rings is 4. The minimum atomic E-state index is -1.18. The summed E-state index contributed by atoms with van der Waals surface area (Å²) in [6, 6.07) is 24.7. The Balaban J connectivity index is 0.812. The van der Waals surface area contributed by atoms with Gasteiger partial charge < -0.3 is 35.6 Å². The summed E-state index contributed by atoms with van der Waals surface area (Å²) < 4.78 is 25.5. The Morgan fingerprint density at radius 3 is 2.19 bits per heavy atom. The lowest BCUT2D eigenvalue weighted by atomic mass is 10.0. The molecule has 0 bridgehead atoms. The number of methoxy groups -OCH3 is 1. The van der Waals surface area contributed by atoms with Gasteiger partial charge in [0.25, 0.3) is 0 Å². The van der Waals surface area contributed by atoms with Crippen LogP contribution in [0.5, 0.6) is 17.2 Å². The van der Waals surface area contributed by atoms with Crippen molar-refractivity contribution in [3.8, 4) is 17.2 Å². The van der Waals surface area contributed by atoms with Gasteiger partial charge in [-0.25, -0.2) is 4.39 Å². The van der Waals surface area contributed by atoms with E-state index in [9.17, 15) is 28.4 Å². The minimum Gasteiger partial charge on any atom is -0.495 e. The van der Waals surface area contributed by atoms with Crippen LogP contribution in [0.15, 0.2) is 97.2 Å². The summed E-state index contributed by atoms with van der Waals surface area (Å²) in [5.74, 6) is -0.145. The van der Waals surface area contributed by atoms with Crippen molar-refractivity contribution in [3.63, 3.8) is 0 Å². The third-order valence-corrected chi connectivity index (χ3v) is 11.4. The van der Waals surface area contributed by atoms with Crippen molar-refractivity contribution in [2.45, 2.75) is 44.6 Å². The summed E-state index contributed by atoms with van der Waals surface area (Å²) >= 11 is 0. The second kappa shape index (κ2) is 18.3. The van der Waals surface area contributed by atoms with Gasteiger partial charge in [-0.2, -0.15) is 0 Å². The molecule has 5 amide bonds. The van der Waals surface area contributed by atoms with Crippen molar-refractivity contribution in [2.24, 2.45) is 5.41 Å². The molecule has 3 fully saturated rings. The number of amides is 5. The first-order valence-electron chi connectivity index (χ1n) is 20.7. The summed E-state index contributed by atoms with van der Waals surface area (Å²) in [7, 11) is 1.64. The predicted octanol–water partition coefficient (Wildman–Crippen LogP) is 6.29. The van der Waals surface area contributed by atoms with Gasteiger partial charge in [0.15, 0.2) is 0 Å². The molecular formula is C46H47FN8O7. The van der Waals surface area contributed by atoms with E-state index in [1.165, 1.54) is 24.3 Å². The molecule has 16 heteroatoms. The molecular weight excluding hydrogens is 796 g/mol. The van der Waals surface area contributed by atoms with Crippen molar-refractivity contribution in [1.82, 2.24) is 15.2 Å². The molecule has 8 rings (SSSR count). The van der Waals surface area contributed by atoms with E-state index in [4.69, 9.17) is 9.47 Å². The van der Waals surface area contributed by atoms with Crippen LogP contribution in [-0.4, -0.2) is 85.3 Å². The number of imide groups is 1. The van der Waals surface area contributed by atoms with E-state index in [1.807, 2.05) is 18.2 Å². The zero-order valence-electron chi connectivity index (χ0n) is 34.2. The summed E-state index contributed by atoms with van der Waals surface area (Å²) in [6.45, 7) is 3.93. The summed E-state index contributed by atoms with van der Waals surface area (Å²) in [4.78, 5) is 71.8. The molecule has 5 aromatic rings. The van der Waals surface area contributed by atoms with Gasteiger partial charge in [0, 0.05) is 73.4 Å². The number of rotatable bonds is 15. The number of nitrogens with one attached hydrogen (secondary N) is 5. The SMILES string of the molecule is COc1cc2c(Oc3ccc(NC(=O)C4(C(=O)Nc5ccc(F)cc5)CC4)cc3)ccnc2cc1N1CCN(CCCC(=O)Nc2cccc(NC3CCC(=O)NC3=O)c2)CC1. The molecule has 3 aliphatic rings. The monoisotopic (exact) mass is 842 g/mol. The Labute approximate surface area is 357 Å². The Bertz CT molecular complexity index is 2490. The molecule has 15 nitrogen and oxygen atoms in total. The number of aromatic nitrogens is 1. The molecule has 2 aliphatic heterocycles. The van der Waals surface area contributed by atoms with Gasteiger partial charge in [-0.15, -0.1) is 0 Å². The Kier molecular flexibility index (Phi) is 12.3. The standard InChI is InChI=1S/C46H47FN8O7/c1-61-40-27-35-37(48-20-17-39(35)62-34-13-11-31(12-14-34)52-45(60)46(18-19-46)44(59)51-30-9-7-29(47)8-10-30)28-38(40)55-24-22-54(23-25-55)21-3-6-41(56)50-33-5-2-4-32(26-33)49-36-15-16-42(57)53-43(36)58/h2,4-5,7-14,17,20,26-28,36,49H,3,6,15-16,18-19,21-25H2,1H3,(H,50,56)(H,51,59)(H,52,60)(H,53,57,58). The minimum absolute atomic E-state index is 0.0883. The number of pyridine rings is 1. The third kappa shape index (κ3) is 9.76. The smallest absolute Gasteiger partial charge is 0.249 e. The van der Waals surface area contributed by atoms with Crippen LogP contribution in [0.1, 0.15) is 38.5 Å². The number of anilines is 5. The highest BCUT2D eigenvalue weighted by atomic mass is 19.1. The lowest BCUT2D eigenvalue weighted by Crippen LogP contribution is -2.47. The molecule has 2 saturated heterocycles. The van der Waals surface area contributed by atoms with Crippen molar-refractivity contribution in [1.29, 1.82) is 0 Å². The molecule has 0 radical (unpaired) electrons. The zero-order valence-corrected chi connectivity index (χ0v) is 34.2. The highest BCUT2D eigenvalue weighted by molar-refractivity contribution is 6.17. The summed E-state index contributed by atoms with van der Waals surface area (Å²) in [5, 5.41) is 14.8. The molecule has 1 aliphatic carbocycles. The normalized spacial score (nSPS) is 17.1. The molecule has 320 valence electrons. The maximum absolute atomic E-state index is 13.3. The Morgan fingerprint density at radius 1 is 0.823 bits per heavy atom. The van der Waals surface area contributed by atoms with Crippen molar-refractivity contribution in [2.75, 3.05) is 66.0 Å². The number of carbonyl (C=O) groups excluding carboxylic acids is 5. The molecule has 1 unspecified atom stereocenters. The lowest BCUT2D eigenvalue weighted by Gasteiger charge is -2.36. The number of halogens is 1. The number of piperidine rings is 1. The molecule has 3 heterocycles. The molecule has 1 atom stereocenters. The highest BCUT2D eigenvalue weighted by Crippen LogP contribution is 2.47. The van der Waals surface area contributed by atoms with E-state index in [0.717, 1.165) is 49.3 Å². The van der Waals surface area contributed by atoms with Crippen LogP contribution >= 0.6 is 0 Å². The van der Waals surface area contributed by atoms with E-state index < -0.39 is 29.1 Å². The molecule has 1 aromatic heterocycles. The van der Waals surface area contributed by atoms with Gasteiger partial charge in [0.05, 0.1) is 18.3 Å². The number of piperazine rings is 1. The number of carbonyl (C=O) groups is 5. The predicted molar refractivity (Wildman–Crippen MR) is 233 cm³/mol. The third-order valence-electron chi connectivity index (χ3n) is 11.4. The van der Waals surface area contributed by atoms with Crippen LogP contribution < -0.4 is 41.0 Å². The topological polar surface area (TPSA) is 183 Å². The number of hydrogen-bond donors (Lipinski definition) is 5. The maximum Gasteiger partial charge on any atom is 0.249 e. The molecule has 0 spiro atoms. The largest absolute Gasteiger partial charge is 0.495 e. The van der Waals surface area contributed by atoms with Gasteiger partial charge in [0.1, 0.15) is 34.5 Å². The van der Waals surface area contributed by atoms with Gasteiger partial charge >= 0.3 is 0 Å². The zero-order chi connectivity index (χ0) is 43.2. The first-order valence-corrected chi connectivity index (χ1v) is 20.7. The van der Waals surface area contributed by atoms with E-state index in [-0.39, 0.29) is 24.1 Å². The fourth-order valence-electron chi connectivity index (χ4n) is 7.70. The molecule has 62 heavy (non-hydrogen) atoms. The van der Waals surface area contributed by atoms with Gasteiger partial charge in [-0.05, 0) is 117 Å². The van der Waals surface area contributed by atoms with E-state index in [1.54, 1.807) is 61.8 Å². The van der Waals surface area contributed by atoms with Crippen LogP contribution in [-0.2, 0) is 24.0 Å². The van der Waals surface area contributed by atoms with Gasteiger partial charge in [0.2, 0.25) is 29.5 Å². The van der Waals surface area contributed by atoms with Crippen LogP contribution in [0.2, 0.25) is 0 Å². The second-order valence-electron chi connectivity index (χ2n) is 15.7. The van der Waals surface area contributed by atoms with Gasteiger partial charge in [-0.3, -0.25) is 39.2 Å². The maximum atomic E-state index is 13.3. The first-order chi connectivity index (χ1) is 30.0. The van der Waals surface area contributed by atoms with Gasteiger partial charge in [-0.1, -0.05) is 6.07 Å². The fraction of sp³-hybridized carbons (Fsp3) is 0.304. The molecule has 1 saturated carbocycles. The van der Waals surface area contributed by atoms with Crippen molar-refractivity contribution in [3.05, 3.63) is 103 Å². The number of nitrogens with zero attached hydrogens (tertiary/aromatic N) is 3. The lowest BCUT2D eigenvalue weighted by molar-refractivity contribution is -0.134. The van der Waals surface area contributed by atoms with E-state index >= 15 is 0 Å². The molecule has 4 aromatic carbocycles. The number of fused-ring (bicyclic) bond motifs is 1. The summed E-state index contributed by atoms with van der Waals surface area (Å²) in [5.41, 5.74) is 2.75. The van der Waals surface area contributed by atoms with Crippen LogP contribution in [0, 0.1) is 11.2 Å². The van der Waals surface area contributed by atoms with Crippen LogP contribution in [0.3, 0.4) is 0 Å². The second-order valence-corrected chi connectivity index (χ2v) is 15.7. The van der Waals surface area contributed by atoms with Crippen molar-refractivity contribution >= 4 is 68.9 Å². The quantitative estimate of drug-likeness (QED) is 0.0590. The number of ether oxygens (including phenoxy) is 2. The average Bonchev–Trinajstić information content (AvgIpc) is 4.09. The average molecular weight is 843 g/mol. The Hall–Kier alpha value is -7.07.